The van der Waals surface area contributed by atoms with Crippen LogP contribution in [-0.4, -0.2) is 28.2 Å². The number of benzene rings is 2. The molecule has 0 bridgehead atoms. The van der Waals surface area contributed by atoms with E-state index in [4.69, 9.17) is 11.6 Å². The summed E-state index contributed by atoms with van der Waals surface area (Å²) in [5.41, 5.74) is 2.38. The van der Waals surface area contributed by atoms with Crippen LogP contribution in [0.1, 0.15) is 0 Å². The Bertz CT molecular complexity index is 533. The summed E-state index contributed by atoms with van der Waals surface area (Å²) in [5, 5.41) is 3.10. The Morgan fingerprint density at radius 3 is 2.00 bits per heavy atom. The number of fused-ring (bicyclic) bond motifs is 1. The fraction of sp³-hybridized carbons (Fsp3) is 0.286. The summed E-state index contributed by atoms with van der Waals surface area (Å²) < 4.78 is 0. The molecule has 0 radical (unpaired) electrons. The van der Waals surface area contributed by atoms with Crippen LogP contribution < -0.4 is 9.80 Å². The van der Waals surface area contributed by atoms with E-state index in [1.807, 2.05) is 12.1 Å². The van der Waals surface area contributed by atoms with E-state index in [-0.39, 0.29) is 0 Å². The van der Waals surface area contributed by atoms with Crippen LogP contribution in [0.15, 0.2) is 30.3 Å². The van der Waals surface area contributed by atoms with Crippen LogP contribution in [0, 0.1) is 0 Å². The first-order valence-electron chi connectivity index (χ1n) is 5.58. The molecule has 0 atom stereocenters. The normalized spacial score (nSPS) is 10.6. The van der Waals surface area contributed by atoms with E-state index in [2.05, 4.69) is 56.2 Å². The molecule has 2 aromatic carbocycles. The molecule has 3 heteroatoms. The highest BCUT2D eigenvalue weighted by molar-refractivity contribution is 6.36. The van der Waals surface area contributed by atoms with Crippen LogP contribution in [-0.2, 0) is 0 Å². The topological polar surface area (TPSA) is 6.48 Å². The molecule has 0 aromatic heterocycles. The fourth-order valence-electron chi connectivity index (χ4n) is 2.08. The van der Waals surface area contributed by atoms with Crippen molar-refractivity contribution in [3.05, 3.63) is 35.4 Å². The SMILES string of the molecule is CN(C)c1cccc2c(Cl)ccc(N(C)C)c12. The smallest absolute Gasteiger partial charge is 0.0486 e. The van der Waals surface area contributed by atoms with E-state index in [0.29, 0.717) is 0 Å². The predicted octanol–water partition coefficient (Wildman–Crippen LogP) is 3.63. The molecule has 2 nitrogen and oxygen atoms in total. The monoisotopic (exact) mass is 248 g/mol. The number of hydrogen-bond donors (Lipinski definition) is 0. The van der Waals surface area contributed by atoms with Gasteiger partial charge in [-0.05, 0) is 18.2 Å². The van der Waals surface area contributed by atoms with E-state index < -0.39 is 0 Å². The lowest BCUT2D eigenvalue weighted by Gasteiger charge is -2.22. The molecule has 0 heterocycles. The second-order valence-corrected chi connectivity index (χ2v) is 4.96. The van der Waals surface area contributed by atoms with Crippen molar-refractivity contribution in [2.75, 3.05) is 38.0 Å². The number of rotatable bonds is 2. The Hall–Kier alpha value is -1.41. The van der Waals surface area contributed by atoms with E-state index in [1.165, 1.54) is 16.8 Å². The molecule has 0 saturated heterocycles. The second-order valence-electron chi connectivity index (χ2n) is 4.56. The third-order valence-electron chi connectivity index (χ3n) is 2.91. The Kier molecular flexibility index (Phi) is 3.16. The van der Waals surface area contributed by atoms with Gasteiger partial charge in [-0.1, -0.05) is 23.7 Å². The molecular weight excluding hydrogens is 232 g/mol. The summed E-state index contributed by atoms with van der Waals surface area (Å²) in [6.07, 6.45) is 0. The van der Waals surface area contributed by atoms with Gasteiger partial charge in [-0.3, -0.25) is 0 Å². The maximum atomic E-state index is 6.27. The number of halogens is 1. The zero-order chi connectivity index (χ0) is 12.6. The van der Waals surface area contributed by atoms with Gasteiger partial charge in [-0.25, -0.2) is 0 Å². The minimum Gasteiger partial charge on any atom is -0.377 e. The number of nitrogens with zero attached hydrogens (tertiary/aromatic N) is 2. The van der Waals surface area contributed by atoms with Gasteiger partial charge in [0.05, 0.1) is 0 Å². The molecule has 17 heavy (non-hydrogen) atoms. The molecule has 2 rings (SSSR count). The molecule has 0 aliphatic heterocycles. The highest BCUT2D eigenvalue weighted by Crippen LogP contribution is 2.37. The number of anilines is 2. The van der Waals surface area contributed by atoms with E-state index >= 15 is 0 Å². The van der Waals surface area contributed by atoms with Gasteiger partial charge in [0.1, 0.15) is 0 Å². The summed E-state index contributed by atoms with van der Waals surface area (Å²) in [7, 11) is 8.20. The molecule has 0 aliphatic rings. The summed E-state index contributed by atoms with van der Waals surface area (Å²) in [4.78, 5) is 4.23. The first kappa shape index (κ1) is 12.1. The van der Waals surface area contributed by atoms with Crippen LogP contribution in [0.2, 0.25) is 5.02 Å². The Balaban J connectivity index is 2.89. The van der Waals surface area contributed by atoms with Crippen LogP contribution >= 0.6 is 11.6 Å². The zero-order valence-electron chi connectivity index (χ0n) is 10.7. The average Bonchev–Trinajstić information content (AvgIpc) is 2.28. The highest BCUT2D eigenvalue weighted by atomic mass is 35.5. The van der Waals surface area contributed by atoms with Gasteiger partial charge in [-0.2, -0.15) is 0 Å². The maximum absolute atomic E-state index is 6.27. The molecule has 0 amide bonds. The third-order valence-corrected chi connectivity index (χ3v) is 3.24. The van der Waals surface area contributed by atoms with E-state index in [1.54, 1.807) is 0 Å². The summed E-state index contributed by atoms with van der Waals surface area (Å²) in [6.45, 7) is 0. The standard InChI is InChI=1S/C14H17ClN2/c1-16(2)12-7-5-6-10-11(15)8-9-13(14(10)12)17(3)4/h5-9H,1-4H3. The van der Waals surface area contributed by atoms with Crippen molar-refractivity contribution < 1.29 is 0 Å². The minimum absolute atomic E-state index is 0.800. The van der Waals surface area contributed by atoms with Crippen molar-refractivity contribution in [1.29, 1.82) is 0 Å². The maximum Gasteiger partial charge on any atom is 0.0486 e. The lowest BCUT2D eigenvalue weighted by molar-refractivity contribution is 1.12. The lowest BCUT2D eigenvalue weighted by atomic mass is 10.1. The lowest BCUT2D eigenvalue weighted by Crippen LogP contribution is -2.13. The largest absolute Gasteiger partial charge is 0.377 e. The van der Waals surface area contributed by atoms with E-state index in [9.17, 15) is 0 Å². The van der Waals surface area contributed by atoms with Crippen molar-refractivity contribution in [3.63, 3.8) is 0 Å². The van der Waals surface area contributed by atoms with Crippen molar-refractivity contribution in [2.24, 2.45) is 0 Å². The van der Waals surface area contributed by atoms with Crippen LogP contribution in [0.5, 0.6) is 0 Å². The summed E-state index contributed by atoms with van der Waals surface area (Å²) >= 11 is 6.27. The van der Waals surface area contributed by atoms with Crippen molar-refractivity contribution >= 4 is 33.7 Å². The zero-order valence-corrected chi connectivity index (χ0v) is 11.4. The average molecular weight is 249 g/mol. The van der Waals surface area contributed by atoms with Gasteiger partial charge < -0.3 is 9.80 Å². The predicted molar refractivity (Wildman–Crippen MR) is 77.6 cm³/mol. The van der Waals surface area contributed by atoms with Crippen molar-refractivity contribution in [1.82, 2.24) is 0 Å². The van der Waals surface area contributed by atoms with Gasteiger partial charge in [-0.15, -0.1) is 0 Å². The molecule has 0 fully saturated rings. The molecular formula is C14H17ClN2. The van der Waals surface area contributed by atoms with Gasteiger partial charge in [0.2, 0.25) is 0 Å². The first-order chi connectivity index (χ1) is 8.02. The summed E-state index contributed by atoms with van der Waals surface area (Å²) in [6, 6.07) is 10.3. The van der Waals surface area contributed by atoms with Crippen LogP contribution in [0.3, 0.4) is 0 Å². The minimum atomic E-state index is 0.800. The molecule has 0 unspecified atom stereocenters. The fourth-order valence-corrected chi connectivity index (χ4v) is 2.30. The van der Waals surface area contributed by atoms with Gasteiger partial charge in [0.15, 0.2) is 0 Å². The van der Waals surface area contributed by atoms with Crippen molar-refractivity contribution in [2.45, 2.75) is 0 Å². The van der Waals surface area contributed by atoms with Crippen molar-refractivity contribution in [3.8, 4) is 0 Å². The number of hydrogen-bond acceptors (Lipinski definition) is 2. The Morgan fingerprint density at radius 2 is 1.41 bits per heavy atom. The van der Waals surface area contributed by atoms with Gasteiger partial charge >= 0.3 is 0 Å². The van der Waals surface area contributed by atoms with E-state index in [0.717, 1.165) is 10.4 Å². The molecule has 90 valence electrons. The van der Waals surface area contributed by atoms with Gasteiger partial charge in [0.25, 0.3) is 0 Å². The van der Waals surface area contributed by atoms with Gasteiger partial charge in [0, 0.05) is 55.4 Å². The quantitative estimate of drug-likeness (QED) is 0.801. The third kappa shape index (κ3) is 2.05. The Labute approximate surface area is 107 Å². The van der Waals surface area contributed by atoms with Crippen LogP contribution in [0.25, 0.3) is 10.8 Å². The second kappa shape index (κ2) is 4.46. The Morgan fingerprint density at radius 1 is 0.824 bits per heavy atom. The molecule has 0 aliphatic carbocycles. The molecule has 2 aromatic rings. The summed E-state index contributed by atoms with van der Waals surface area (Å²) in [5.74, 6) is 0. The first-order valence-corrected chi connectivity index (χ1v) is 5.96. The molecule has 0 spiro atoms. The van der Waals surface area contributed by atoms with Crippen LogP contribution in [0.4, 0.5) is 11.4 Å². The molecule has 0 saturated carbocycles. The molecule has 0 N–H and O–H groups in total. The highest BCUT2D eigenvalue weighted by Gasteiger charge is 2.11.